The number of aromatic nitrogens is 2. The summed E-state index contributed by atoms with van der Waals surface area (Å²) in [6.45, 7) is 0. The van der Waals surface area contributed by atoms with Crippen LogP contribution in [-0.2, 0) is 0 Å². The lowest BCUT2D eigenvalue weighted by Crippen LogP contribution is -2.09. The zero-order valence-electron chi connectivity index (χ0n) is 28.8. The number of anilines is 1. The Morgan fingerprint density at radius 3 is 1.89 bits per heavy atom. The van der Waals surface area contributed by atoms with E-state index in [9.17, 15) is 0 Å². The lowest BCUT2D eigenvalue weighted by Gasteiger charge is -2.18. The molecule has 2 heterocycles. The number of rotatable bonds is 6. The van der Waals surface area contributed by atoms with Gasteiger partial charge in [0.05, 0.1) is 16.9 Å². The van der Waals surface area contributed by atoms with E-state index < -0.39 is 0 Å². The molecule has 1 aromatic heterocycles. The Hall–Kier alpha value is -7.04. The van der Waals surface area contributed by atoms with Gasteiger partial charge in [-0.1, -0.05) is 176 Å². The van der Waals surface area contributed by atoms with Crippen molar-refractivity contribution in [2.24, 2.45) is 0 Å². The van der Waals surface area contributed by atoms with E-state index in [2.05, 4.69) is 145 Å². The number of nitrogens with one attached hydrogen (secondary N) is 1. The minimum absolute atomic E-state index is 0.245. The summed E-state index contributed by atoms with van der Waals surface area (Å²) in [5, 5.41) is 7.12. The van der Waals surface area contributed by atoms with Crippen molar-refractivity contribution in [1.29, 1.82) is 0 Å². The number of nitrogens with zero attached hydrogens (tertiary/aromatic N) is 2. The summed E-state index contributed by atoms with van der Waals surface area (Å²) in [6, 6.07) is 65.8. The van der Waals surface area contributed by atoms with Crippen LogP contribution in [0.4, 0.5) is 5.69 Å². The molecule has 4 heteroatoms. The number of ether oxygens (including phenoxy) is 1. The van der Waals surface area contributed by atoms with Crippen LogP contribution in [0.15, 0.2) is 188 Å². The number of hydrogen-bond acceptors (Lipinski definition) is 4. The van der Waals surface area contributed by atoms with Crippen molar-refractivity contribution in [3.8, 4) is 61.8 Å². The predicted molar refractivity (Wildman–Crippen MR) is 218 cm³/mol. The molecule has 4 nitrogen and oxygen atoms in total. The highest BCUT2D eigenvalue weighted by atomic mass is 16.5. The first kappa shape index (κ1) is 30.8. The van der Waals surface area contributed by atoms with Gasteiger partial charge in [-0.3, -0.25) is 0 Å². The maximum absolute atomic E-state index is 6.44. The van der Waals surface area contributed by atoms with E-state index in [0.29, 0.717) is 0 Å². The van der Waals surface area contributed by atoms with E-state index in [4.69, 9.17) is 14.7 Å². The third kappa shape index (κ3) is 5.49. The lowest BCUT2D eigenvalue weighted by atomic mass is 9.86. The molecule has 1 aliphatic rings. The molecule has 0 saturated heterocycles. The third-order valence-corrected chi connectivity index (χ3v) is 10.2. The Bertz CT molecular complexity index is 2780. The molecule has 53 heavy (non-hydrogen) atoms. The summed E-state index contributed by atoms with van der Waals surface area (Å²) in [4.78, 5) is 10.1. The van der Waals surface area contributed by atoms with E-state index >= 15 is 0 Å². The van der Waals surface area contributed by atoms with Crippen molar-refractivity contribution in [2.75, 3.05) is 5.32 Å². The Morgan fingerprint density at radius 2 is 1.08 bits per heavy atom. The van der Waals surface area contributed by atoms with Crippen LogP contribution in [0, 0.1) is 0 Å². The van der Waals surface area contributed by atoms with Crippen molar-refractivity contribution < 1.29 is 4.74 Å². The zero-order chi connectivity index (χ0) is 35.1. The van der Waals surface area contributed by atoms with Crippen molar-refractivity contribution in [3.63, 3.8) is 0 Å². The van der Waals surface area contributed by atoms with E-state index in [0.717, 1.165) is 72.8 Å². The standard InChI is InChI=1S/C49H33N3O/c1-3-15-35(16-4-1)48-50-43-24-12-11-22-42(43)46(51-48)34-28-26-33(27-29-34)45-37-19-8-7-14-32(37)30-31-40(45)38-20-9-10-21-39(38)41-23-13-25-44-47(41)52-49(53-44)36-17-5-2-6-18-36/h1-31,49,52H. The molecule has 0 radical (unpaired) electrons. The maximum Gasteiger partial charge on any atom is 0.196 e. The van der Waals surface area contributed by atoms with Gasteiger partial charge in [0.25, 0.3) is 0 Å². The molecule has 1 aliphatic heterocycles. The van der Waals surface area contributed by atoms with Crippen LogP contribution in [0.3, 0.4) is 0 Å². The van der Waals surface area contributed by atoms with Crippen LogP contribution >= 0.6 is 0 Å². The third-order valence-electron chi connectivity index (χ3n) is 10.2. The highest BCUT2D eigenvalue weighted by Gasteiger charge is 2.27. The smallest absolute Gasteiger partial charge is 0.196 e. The van der Waals surface area contributed by atoms with Crippen molar-refractivity contribution in [2.45, 2.75) is 6.23 Å². The summed E-state index contributed by atoms with van der Waals surface area (Å²) in [5.41, 5.74) is 12.9. The van der Waals surface area contributed by atoms with Gasteiger partial charge in [-0.25, -0.2) is 9.97 Å². The van der Waals surface area contributed by atoms with Crippen LogP contribution in [0.25, 0.3) is 77.7 Å². The first-order valence-corrected chi connectivity index (χ1v) is 17.9. The summed E-state index contributed by atoms with van der Waals surface area (Å²) < 4.78 is 6.44. The second kappa shape index (κ2) is 12.9. The first-order valence-electron chi connectivity index (χ1n) is 17.9. The fourth-order valence-corrected chi connectivity index (χ4v) is 7.64. The largest absolute Gasteiger partial charge is 0.464 e. The average molecular weight is 680 g/mol. The highest BCUT2D eigenvalue weighted by Crippen LogP contribution is 2.48. The molecule has 0 aliphatic carbocycles. The number of benzene rings is 8. The van der Waals surface area contributed by atoms with Gasteiger partial charge in [0.15, 0.2) is 12.1 Å². The molecular formula is C49H33N3O. The van der Waals surface area contributed by atoms with Crippen LogP contribution < -0.4 is 10.1 Å². The topological polar surface area (TPSA) is 47.0 Å². The van der Waals surface area contributed by atoms with Gasteiger partial charge in [-0.15, -0.1) is 0 Å². The van der Waals surface area contributed by atoms with Gasteiger partial charge in [0.1, 0.15) is 5.75 Å². The van der Waals surface area contributed by atoms with Crippen LogP contribution in [0.5, 0.6) is 5.75 Å². The maximum atomic E-state index is 6.44. The van der Waals surface area contributed by atoms with Crippen molar-refractivity contribution >= 4 is 27.4 Å². The van der Waals surface area contributed by atoms with Crippen LogP contribution in [0.1, 0.15) is 11.8 Å². The van der Waals surface area contributed by atoms with E-state index in [1.54, 1.807) is 0 Å². The van der Waals surface area contributed by atoms with E-state index in [1.807, 2.05) is 48.5 Å². The predicted octanol–water partition coefficient (Wildman–Crippen LogP) is 12.6. The molecule has 250 valence electrons. The van der Waals surface area contributed by atoms with E-state index in [1.165, 1.54) is 21.9 Å². The number of para-hydroxylation sites is 2. The summed E-state index contributed by atoms with van der Waals surface area (Å²) in [7, 11) is 0. The molecule has 1 atom stereocenters. The average Bonchev–Trinajstić information content (AvgIpc) is 3.69. The second-order valence-electron chi connectivity index (χ2n) is 13.3. The summed E-state index contributed by atoms with van der Waals surface area (Å²) >= 11 is 0. The second-order valence-corrected chi connectivity index (χ2v) is 13.3. The van der Waals surface area contributed by atoms with Gasteiger partial charge >= 0.3 is 0 Å². The van der Waals surface area contributed by atoms with E-state index in [-0.39, 0.29) is 6.23 Å². The molecule has 0 spiro atoms. The molecule has 9 aromatic rings. The van der Waals surface area contributed by atoms with Crippen LogP contribution in [-0.4, -0.2) is 9.97 Å². The first-order chi connectivity index (χ1) is 26.3. The highest BCUT2D eigenvalue weighted by molar-refractivity contribution is 6.07. The molecular weight excluding hydrogens is 647 g/mol. The normalized spacial score (nSPS) is 13.4. The molecule has 1 unspecified atom stereocenters. The van der Waals surface area contributed by atoms with Gasteiger partial charge in [-0.05, 0) is 50.7 Å². The minimum Gasteiger partial charge on any atom is -0.464 e. The molecule has 0 fully saturated rings. The Labute approximate surface area is 308 Å². The SMILES string of the molecule is c1ccc(-c2nc(-c3ccc(-c4c(-c5ccccc5-c5cccc6c5NC(c5ccccc5)O6)ccc5ccccc45)cc3)c3ccccc3n2)cc1. The number of hydrogen-bond donors (Lipinski definition) is 1. The van der Waals surface area contributed by atoms with Gasteiger partial charge in [0.2, 0.25) is 0 Å². The van der Waals surface area contributed by atoms with Gasteiger partial charge in [0, 0.05) is 27.6 Å². The molecule has 10 rings (SSSR count). The number of fused-ring (bicyclic) bond motifs is 3. The summed E-state index contributed by atoms with van der Waals surface area (Å²) in [6.07, 6.45) is -0.245. The van der Waals surface area contributed by atoms with Crippen LogP contribution in [0.2, 0.25) is 0 Å². The quantitative estimate of drug-likeness (QED) is 0.190. The fourth-order valence-electron chi connectivity index (χ4n) is 7.64. The molecule has 1 N–H and O–H groups in total. The molecule has 8 aromatic carbocycles. The molecule has 0 bridgehead atoms. The van der Waals surface area contributed by atoms with Gasteiger partial charge < -0.3 is 10.1 Å². The Morgan fingerprint density at radius 1 is 0.434 bits per heavy atom. The van der Waals surface area contributed by atoms with Crippen molar-refractivity contribution in [1.82, 2.24) is 9.97 Å². The Balaban J connectivity index is 1.11. The zero-order valence-corrected chi connectivity index (χ0v) is 28.8. The fraction of sp³-hybridized carbons (Fsp3) is 0.0204. The van der Waals surface area contributed by atoms with Gasteiger partial charge in [-0.2, -0.15) is 0 Å². The monoisotopic (exact) mass is 679 g/mol. The lowest BCUT2D eigenvalue weighted by molar-refractivity contribution is 0.260. The summed E-state index contributed by atoms with van der Waals surface area (Å²) in [5.74, 6) is 1.58. The van der Waals surface area contributed by atoms with Crippen molar-refractivity contribution in [3.05, 3.63) is 194 Å². The molecule has 0 saturated carbocycles. The Kier molecular flexibility index (Phi) is 7.51. The minimum atomic E-state index is -0.245. The molecule has 0 amide bonds.